The third kappa shape index (κ3) is 40.0. The van der Waals surface area contributed by atoms with Crippen LogP contribution in [-0.2, 0) is 37.5 Å². The number of nitrogens with two attached hydrogens (primary N) is 1. The highest BCUT2D eigenvalue weighted by Gasteiger charge is 2.28. The maximum absolute atomic E-state index is 12.9. The predicted molar refractivity (Wildman–Crippen MR) is 231 cm³/mol. The molecule has 0 heterocycles. The molecule has 0 saturated carbocycles. The van der Waals surface area contributed by atoms with Gasteiger partial charge in [-0.1, -0.05) is 165 Å². The summed E-state index contributed by atoms with van der Waals surface area (Å²) in [5.41, 5.74) is 5.28. The number of carboxylic acid groups (broad SMARTS) is 1. The van der Waals surface area contributed by atoms with E-state index in [9.17, 15) is 23.8 Å². The maximum atomic E-state index is 12.9. The molecule has 4 N–H and O–H groups in total. The normalized spacial score (nSPS) is 16.5. The van der Waals surface area contributed by atoms with E-state index in [0.29, 0.717) is 25.7 Å². The molecule has 0 radical (unpaired) electrons. The van der Waals surface area contributed by atoms with Crippen LogP contribution in [0.3, 0.4) is 0 Å². The summed E-state index contributed by atoms with van der Waals surface area (Å²) in [5, 5.41) is 8.95. The number of allylic oxidation sites excluding steroid dienone is 8. The van der Waals surface area contributed by atoms with Crippen molar-refractivity contribution < 1.29 is 54.3 Å². The second-order valence-electron chi connectivity index (χ2n) is 14.3. The van der Waals surface area contributed by atoms with Crippen LogP contribution in [0.15, 0.2) is 48.6 Å². The molecule has 11 nitrogen and oxygen atoms in total. The monoisotopic (exact) mass is 831 g/mol. The van der Waals surface area contributed by atoms with Gasteiger partial charge in [-0.05, 0) is 57.8 Å². The van der Waals surface area contributed by atoms with Crippen molar-refractivity contribution in [2.75, 3.05) is 19.7 Å². The first kappa shape index (κ1) is 45.5. The minimum atomic E-state index is -5.61. The standard InChI is InChI=1S/C45H80NO10P/c1-3-5-7-9-11-13-15-17-19-20-21-22-23-25-27-29-31-33-35-37-44(48)56-41(39-54-57(51,52)55-40-42(46)45(49)50)38-53-43(47)36-34-32-30-28-26-24-18-16-14-12-10-8-6-4-2/h11,13,17,19,21-22,25,27,41-42H,3-10,12,14-16,18,20,23-24,26,28-40,46H2,1-2H3,(H,49,50)(H,51,52)/b13-11-,19-17-,22-21-,27-25-/t41-,42+/m1/s1/i38D2,39D2,41D. The Morgan fingerprint density at radius 2 is 1.02 bits per heavy atom. The molecule has 0 fully saturated rings. The highest BCUT2D eigenvalue weighted by molar-refractivity contribution is 7.47. The van der Waals surface area contributed by atoms with E-state index in [2.05, 4.69) is 59.4 Å². The van der Waals surface area contributed by atoms with Gasteiger partial charge >= 0.3 is 25.7 Å². The summed E-state index contributed by atoms with van der Waals surface area (Å²) in [6, 6.07) is -1.81. The number of carbonyl (C=O) groups is 3. The van der Waals surface area contributed by atoms with Crippen LogP contribution in [0.5, 0.6) is 0 Å². The molecular formula is C45H80NO10P. The smallest absolute Gasteiger partial charge is 0.472 e. The molecule has 0 aliphatic rings. The van der Waals surface area contributed by atoms with Crippen molar-refractivity contribution in [2.45, 2.75) is 199 Å². The molecule has 0 amide bonds. The Balaban J connectivity index is 5.10. The van der Waals surface area contributed by atoms with Gasteiger partial charge in [0.15, 0.2) is 6.08 Å². The summed E-state index contributed by atoms with van der Waals surface area (Å²) < 4.78 is 73.5. The van der Waals surface area contributed by atoms with Gasteiger partial charge in [0.05, 0.1) is 20.0 Å². The van der Waals surface area contributed by atoms with Crippen LogP contribution in [0, 0.1) is 0 Å². The van der Waals surface area contributed by atoms with E-state index in [1.165, 1.54) is 70.6 Å². The number of esters is 2. The van der Waals surface area contributed by atoms with Crippen LogP contribution in [-0.4, -0.2) is 59.8 Å². The van der Waals surface area contributed by atoms with Crippen molar-refractivity contribution in [3.63, 3.8) is 0 Å². The molecule has 0 aliphatic heterocycles. The predicted octanol–water partition coefficient (Wildman–Crippen LogP) is 11.8. The van der Waals surface area contributed by atoms with Crippen molar-refractivity contribution in [1.29, 1.82) is 0 Å². The summed E-state index contributed by atoms with van der Waals surface area (Å²) in [7, 11) is -5.61. The molecule has 0 saturated heterocycles. The van der Waals surface area contributed by atoms with Gasteiger partial charge in [-0.3, -0.25) is 23.4 Å². The summed E-state index contributed by atoms with van der Waals surface area (Å²) in [4.78, 5) is 46.9. The van der Waals surface area contributed by atoms with Crippen LogP contribution in [0.4, 0.5) is 0 Å². The number of hydrogen-bond acceptors (Lipinski definition) is 9. The van der Waals surface area contributed by atoms with E-state index in [1.54, 1.807) is 0 Å². The topological polar surface area (TPSA) is 172 Å². The molecule has 3 atom stereocenters. The average molecular weight is 831 g/mol. The molecular weight excluding hydrogens is 745 g/mol. The quantitative estimate of drug-likeness (QED) is 0.0232. The third-order valence-electron chi connectivity index (χ3n) is 8.91. The number of carbonyl (C=O) groups excluding carboxylic acids is 2. The van der Waals surface area contributed by atoms with Crippen molar-refractivity contribution in [2.24, 2.45) is 5.73 Å². The maximum Gasteiger partial charge on any atom is 0.472 e. The fourth-order valence-electron chi connectivity index (χ4n) is 5.49. The highest BCUT2D eigenvalue weighted by Crippen LogP contribution is 2.43. The lowest BCUT2D eigenvalue weighted by molar-refractivity contribution is -0.161. The van der Waals surface area contributed by atoms with Crippen molar-refractivity contribution >= 4 is 25.7 Å². The second kappa shape index (κ2) is 40.2. The minimum absolute atomic E-state index is 0.226. The zero-order valence-corrected chi connectivity index (χ0v) is 36.1. The summed E-state index contributed by atoms with van der Waals surface area (Å²) in [6.45, 7) is -4.44. The minimum Gasteiger partial charge on any atom is -0.480 e. The summed E-state index contributed by atoms with van der Waals surface area (Å²) >= 11 is 0. The van der Waals surface area contributed by atoms with Crippen molar-refractivity contribution in [3.8, 4) is 0 Å². The van der Waals surface area contributed by atoms with Crippen LogP contribution >= 0.6 is 7.82 Å². The van der Waals surface area contributed by atoms with Crippen LogP contribution < -0.4 is 5.73 Å². The van der Waals surface area contributed by atoms with E-state index in [4.69, 9.17) is 27.2 Å². The fourth-order valence-corrected chi connectivity index (χ4v) is 6.09. The van der Waals surface area contributed by atoms with E-state index >= 15 is 0 Å². The lowest BCUT2D eigenvalue weighted by Crippen LogP contribution is -2.34. The zero-order valence-electron chi connectivity index (χ0n) is 40.2. The largest absolute Gasteiger partial charge is 0.480 e. The lowest BCUT2D eigenvalue weighted by Gasteiger charge is -2.20. The van der Waals surface area contributed by atoms with Crippen molar-refractivity contribution in [3.05, 3.63) is 48.6 Å². The van der Waals surface area contributed by atoms with Gasteiger partial charge in [0.1, 0.15) is 12.6 Å². The van der Waals surface area contributed by atoms with E-state index in [-0.39, 0.29) is 19.3 Å². The third-order valence-corrected chi connectivity index (χ3v) is 9.70. The zero-order chi connectivity index (χ0) is 46.6. The molecule has 0 aromatic heterocycles. The number of ether oxygens (including phenoxy) is 2. The Morgan fingerprint density at radius 3 is 1.51 bits per heavy atom. The summed E-state index contributed by atoms with van der Waals surface area (Å²) in [6.07, 6.45) is 37.1. The SMILES string of the molecule is [2H]C([2H])(OC(=O)CCCCCCCCCCCCCCCC)[C@@]([2H])(OC(=O)CCCCC/C=C\C/C=C\C/C=C\C/C=C\CCCCC)C([2H])([2H])OP(=O)(O)OC[C@H](N)C(=O)O. The Hall–Kier alpha value is -2.56. The first-order valence-corrected chi connectivity index (χ1v) is 23.1. The van der Waals surface area contributed by atoms with E-state index in [0.717, 1.165) is 57.8 Å². The summed E-state index contributed by atoms with van der Waals surface area (Å²) in [5.74, 6) is -4.01. The van der Waals surface area contributed by atoms with Crippen LogP contribution in [0.25, 0.3) is 0 Å². The molecule has 0 spiro atoms. The molecule has 330 valence electrons. The van der Waals surface area contributed by atoms with E-state index in [1.807, 2.05) is 12.2 Å². The fraction of sp³-hybridized carbons (Fsp3) is 0.756. The van der Waals surface area contributed by atoms with E-state index < -0.39 is 57.6 Å². The number of aliphatic carboxylic acids is 1. The molecule has 12 heteroatoms. The van der Waals surface area contributed by atoms with Crippen LogP contribution in [0.2, 0.25) is 0 Å². The first-order chi connectivity index (χ1) is 29.4. The van der Waals surface area contributed by atoms with Crippen molar-refractivity contribution in [1.82, 2.24) is 0 Å². The Morgan fingerprint density at radius 1 is 0.614 bits per heavy atom. The molecule has 0 aromatic rings. The second-order valence-corrected chi connectivity index (χ2v) is 15.7. The van der Waals surface area contributed by atoms with Gasteiger partial charge < -0.3 is 25.2 Å². The Kier molecular flexibility index (Phi) is 32.1. The van der Waals surface area contributed by atoms with Gasteiger partial charge in [0.2, 0.25) is 0 Å². The lowest BCUT2D eigenvalue weighted by atomic mass is 10.0. The Labute approximate surface area is 352 Å². The number of carboxylic acids is 1. The molecule has 0 rings (SSSR count). The van der Waals surface area contributed by atoms with Gasteiger partial charge in [0.25, 0.3) is 0 Å². The molecule has 1 unspecified atom stereocenters. The van der Waals surface area contributed by atoms with Gasteiger partial charge in [-0.2, -0.15) is 0 Å². The highest BCUT2D eigenvalue weighted by atomic mass is 31.2. The molecule has 0 aliphatic carbocycles. The number of hydrogen-bond donors (Lipinski definition) is 3. The number of unbranched alkanes of at least 4 members (excludes halogenated alkanes) is 19. The van der Waals surface area contributed by atoms with Gasteiger partial charge in [0, 0.05) is 12.8 Å². The molecule has 0 aromatic carbocycles. The average Bonchev–Trinajstić information content (AvgIpc) is 3.20. The molecule has 0 bridgehead atoms. The Bertz CT molecular complexity index is 1380. The van der Waals surface area contributed by atoms with Crippen LogP contribution in [0.1, 0.15) is 194 Å². The number of rotatable bonds is 41. The number of phosphoric acid groups is 1. The number of phosphoric ester groups is 1. The van der Waals surface area contributed by atoms with Gasteiger partial charge in [-0.15, -0.1) is 0 Å². The van der Waals surface area contributed by atoms with Gasteiger partial charge in [-0.25, -0.2) is 4.57 Å². The first-order valence-electron chi connectivity index (χ1n) is 24.1. The molecule has 57 heavy (non-hydrogen) atoms.